The van der Waals surface area contributed by atoms with Crippen LogP contribution in [0.15, 0.2) is 36.4 Å². The van der Waals surface area contributed by atoms with Crippen molar-refractivity contribution in [1.29, 1.82) is 10.5 Å². The van der Waals surface area contributed by atoms with Gasteiger partial charge in [0.05, 0.1) is 23.3 Å². The highest BCUT2D eigenvalue weighted by Gasteiger charge is 2.36. The summed E-state index contributed by atoms with van der Waals surface area (Å²) in [6.45, 7) is 11.6. The van der Waals surface area contributed by atoms with E-state index in [2.05, 4.69) is 12.1 Å². The molecule has 0 radical (unpaired) electrons. The van der Waals surface area contributed by atoms with Gasteiger partial charge in [0.1, 0.15) is 0 Å². The number of benzene rings is 2. The summed E-state index contributed by atoms with van der Waals surface area (Å²) < 4.78 is 0. The maximum atomic E-state index is 11.5. The van der Waals surface area contributed by atoms with Gasteiger partial charge in [-0.25, -0.2) is 9.59 Å². The van der Waals surface area contributed by atoms with Crippen molar-refractivity contribution in [3.8, 4) is 12.1 Å². The monoisotopic (exact) mass is 544 g/mol. The van der Waals surface area contributed by atoms with Crippen LogP contribution in [-0.4, -0.2) is 55.4 Å². The standard InChI is InChI=1S/2C16H20N2O2/c2*1-16(2,3)18(15(19)20)14-7-6-12-8-11(10-17)4-5-13(12)9-14/h2*4-5,8,14H,6-7,9H2,1-3H3,(H,19,20)/t14-;/m1./s1. The van der Waals surface area contributed by atoms with E-state index in [9.17, 15) is 19.8 Å². The van der Waals surface area contributed by atoms with Crippen molar-refractivity contribution in [2.45, 2.75) is 103 Å². The Morgan fingerprint density at radius 2 is 1.05 bits per heavy atom. The molecule has 2 N–H and O–H groups in total. The Labute approximate surface area is 237 Å². The molecule has 0 spiro atoms. The lowest BCUT2D eigenvalue weighted by molar-refractivity contribution is 0.0641. The van der Waals surface area contributed by atoms with Crippen LogP contribution in [0.3, 0.4) is 0 Å². The molecule has 0 bridgehead atoms. The van der Waals surface area contributed by atoms with Crippen molar-refractivity contribution in [3.05, 3.63) is 69.8 Å². The van der Waals surface area contributed by atoms with Crippen LogP contribution in [0.5, 0.6) is 0 Å². The average Bonchev–Trinajstić information content (AvgIpc) is 2.86. The van der Waals surface area contributed by atoms with E-state index in [4.69, 9.17) is 10.5 Å². The molecular formula is C32H40N4O4. The first-order chi connectivity index (χ1) is 18.6. The van der Waals surface area contributed by atoms with Crippen molar-refractivity contribution >= 4 is 12.2 Å². The first kappa shape index (κ1) is 30.5. The molecule has 0 fully saturated rings. The number of rotatable bonds is 2. The second-order valence-electron chi connectivity index (χ2n) is 12.6. The zero-order valence-electron chi connectivity index (χ0n) is 24.4. The number of nitriles is 2. The lowest BCUT2D eigenvalue weighted by Gasteiger charge is -2.41. The predicted molar refractivity (Wildman–Crippen MR) is 153 cm³/mol. The Hall–Kier alpha value is -4.04. The number of nitrogens with zero attached hydrogens (tertiary/aromatic N) is 4. The lowest BCUT2D eigenvalue weighted by Crippen LogP contribution is -2.52. The van der Waals surface area contributed by atoms with Gasteiger partial charge < -0.3 is 20.0 Å². The van der Waals surface area contributed by atoms with Gasteiger partial charge in [-0.05, 0) is 127 Å². The maximum Gasteiger partial charge on any atom is 0.407 e. The van der Waals surface area contributed by atoms with Crippen LogP contribution in [0.1, 0.15) is 87.8 Å². The summed E-state index contributed by atoms with van der Waals surface area (Å²) in [5.41, 5.74) is 5.23. The number of carboxylic acid groups (broad SMARTS) is 2. The first-order valence-electron chi connectivity index (χ1n) is 13.7. The van der Waals surface area contributed by atoms with Crippen molar-refractivity contribution in [1.82, 2.24) is 9.80 Å². The molecule has 0 aliphatic heterocycles. The zero-order chi connectivity index (χ0) is 29.8. The highest BCUT2D eigenvalue weighted by atomic mass is 16.4. The van der Waals surface area contributed by atoms with Crippen molar-refractivity contribution in [3.63, 3.8) is 0 Å². The summed E-state index contributed by atoms with van der Waals surface area (Å²) in [5, 5.41) is 36.8. The summed E-state index contributed by atoms with van der Waals surface area (Å²) in [6.07, 6.45) is 3.01. The number of carbonyl (C=O) groups is 2. The van der Waals surface area contributed by atoms with Gasteiger partial charge in [-0.3, -0.25) is 0 Å². The van der Waals surface area contributed by atoms with Gasteiger partial charge >= 0.3 is 12.2 Å². The highest BCUT2D eigenvalue weighted by Crippen LogP contribution is 2.31. The summed E-state index contributed by atoms with van der Waals surface area (Å²) in [7, 11) is 0. The molecule has 0 heterocycles. The van der Waals surface area contributed by atoms with Gasteiger partial charge in [0.15, 0.2) is 0 Å². The molecule has 2 aliphatic carbocycles. The minimum atomic E-state index is -0.861. The topological polar surface area (TPSA) is 129 Å². The zero-order valence-corrected chi connectivity index (χ0v) is 24.4. The van der Waals surface area contributed by atoms with E-state index >= 15 is 0 Å². The second kappa shape index (κ2) is 12.0. The van der Waals surface area contributed by atoms with Gasteiger partial charge in [0, 0.05) is 23.2 Å². The molecular weight excluding hydrogens is 504 g/mol. The molecule has 0 saturated carbocycles. The summed E-state index contributed by atoms with van der Waals surface area (Å²) in [4.78, 5) is 26.2. The van der Waals surface area contributed by atoms with Gasteiger partial charge in [0.2, 0.25) is 0 Å². The number of hydrogen-bond acceptors (Lipinski definition) is 4. The van der Waals surface area contributed by atoms with Crippen LogP contribution in [0, 0.1) is 22.7 Å². The third kappa shape index (κ3) is 7.12. The largest absolute Gasteiger partial charge is 0.465 e. The molecule has 2 aromatic rings. The number of fused-ring (bicyclic) bond motifs is 2. The normalized spacial score (nSPS) is 18.0. The van der Waals surface area contributed by atoms with E-state index in [1.807, 2.05) is 77.9 Å². The van der Waals surface area contributed by atoms with Crippen LogP contribution in [0.25, 0.3) is 0 Å². The number of aryl methyl sites for hydroxylation is 2. The van der Waals surface area contributed by atoms with Crippen molar-refractivity contribution < 1.29 is 19.8 Å². The minimum absolute atomic E-state index is 0.00735. The van der Waals surface area contributed by atoms with Gasteiger partial charge in [0.25, 0.3) is 0 Å². The smallest absolute Gasteiger partial charge is 0.407 e. The molecule has 40 heavy (non-hydrogen) atoms. The molecule has 2 aliphatic rings. The first-order valence-corrected chi connectivity index (χ1v) is 13.7. The molecule has 8 nitrogen and oxygen atoms in total. The fourth-order valence-electron chi connectivity index (χ4n) is 6.03. The third-order valence-corrected chi connectivity index (χ3v) is 7.66. The fourth-order valence-corrected chi connectivity index (χ4v) is 6.03. The van der Waals surface area contributed by atoms with Crippen LogP contribution in [0.4, 0.5) is 9.59 Å². The SMILES string of the molecule is CC(C)(C)N(C(=O)O)C1CCc2cc(C#N)ccc2C1.CC(C)(C)N(C(=O)O)[C@@H]1CCc2cc(C#N)ccc2C1. The van der Waals surface area contributed by atoms with Gasteiger partial charge in [-0.2, -0.15) is 10.5 Å². The second-order valence-corrected chi connectivity index (χ2v) is 12.6. The number of amides is 2. The van der Waals surface area contributed by atoms with Gasteiger partial charge in [-0.15, -0.1) is 0 Å². The van der Waals surface area contributed by atoms with E-state index in [-0.39, 0.29) is 12.1 Å². The quantitative estimate of drug-likeness (QED) is 0.451. The van der Waals surface area contributed by atoms with Crippen molar-refractivity contribution in [2.24, 2.45) is 0 Å². The third-order valence-electron chi connectivity index (χ3n) is 7.66. The molecule has 0 aromatic heterocycles. The van der Waals surface area contributed by atoms with Gasteiger partial charge in [-0.1, -0.05) is 12.1 Å². The Kier molecular flexibility index (Phi) is 9.15. The van der Waals surface area contributed by atoms with E-state index in [1.165, 1.54) is 11.1 Å². The summed E-state index contributed by atoms with van der Waals surface area (Å²) in [6, 6.07) is 15.7. The van der Waals surface area contributed by atoms with Crippen LogP contribution < -0.4 is 0 Å². The van der Waals surface area contributed by atoms with Crippen LogP contribution in [0.2, 0.25) is 0 Å². The Bertz CT molecular complexity index is 1240. The Morgan fingerprint density at radius 1 is 0.700 bits per heavy atom. The molecule has 8 heteroatoms. The van der Waals surface area contributed by atoms with E-state index in [0.29, 0.717) is 11.1 Å². The lowest BCUT2D eigenvalue weighted by atomic mass is 9.85. The molecule has 0 saturated heterocycles. The van der Waals surface area contributed by atoms with Crippen molar-refractivity contribution in [2.75, 3.05) is 0 Å². The average molecular weight is 545 g/mol. The maximum absolute atomic E-state index is 11.5. The van der Waals surface area contributed by atoms with Crippen LogP contribution in [-0.2, 0) is 25.7 Å². The summed E-state index contributed by atoms with van der Waals surface area (Å²) >= 11 is 0. The molecule has 4 rings (SSSR count). The Morgan fingerprint density at radius 3 is 1.32 bits per heavy atom. The molecule has 2 atom stereocenters. The minimum Gasteiger partial charge on any atom is -0.465 e. The fraction of sp³-hybridized carbons (Fsp3) is 0.500. The summed E-state index contributed by atoms with van der Waals surface area (Å²) in [5.74, 6) is 0. The molecule has 2 amide bonds. The Balaban J connectivity index is 0.000000220. The highest BCUT2D eigenvalue weighted by molar-refractivity contribution is 5.67. The van der Waals surface area contributed by atoms with E-state index < -0.39 is 23.3 Å². The van der Waals surface area contributed by atoms with E-state index in [0.717, 1.165) is 49.7 Å². The number of hydrogen-bond donors (Lipinski definition) is 2. The predicted octanol–water partition coefficient (Wildman–Crippen LogP) is 6.39. The molecule has 212 valence electrons. The molecule has 1 unspecified atom stereocenters. The molecule has 2 aromatic carbocycles. The van der Waals surface area contributed by atoms with Crippen LogP contribution >= 0.6 is 0 Å². The van der Waals surface area contributed by atoms with E-state index in [1.54, 1.807) is 9.80 Å².